The van der Waals surface area contributed by atoms with Crippen molar-refractivity contribution in [2.45, 2.75) is 167 Å². The molecule has 0 aliphatic carbocycles. The van der Waals surface area contributed by atoms with Gasteiger partial charge in [-0.2, -0.15) is 0 Å². The summed E-state index contributed by atoms with van der Waals surface area (Å²) in [4.78, 5) is 25.1. The number of carbonyl (C=O) groups excluding carboxylic acids is 1. The second kappa shape index (κ2) is 31.7. The molecule has 0 saturated carbocycles. The van der Waals surface area contributed by atoms with Crippen molar-refractivity contribution in [2.75, 3.05) is 40.9 Å². The normalized spacial score (nSPS) is 15.1. The number of carbonyl (C=O) groups is 1. The summed E-state index contributed by atoms with van der Waals surface area (Å²) in [5.41, 5.74) is 0. The van der Waals surface area contributed by atoms with Crippen molar-refractivity contribution in [1.82, 2.24) is 5.32 Å². The van der Waals surface area contributed by atoms with Crippen molar-refractivity contribution in [3.63, 3.8) is 0 Å². The van der Waals surface area contributed by atoms with Gasteiger partial charge in [0.15, 0.2) is 0 Å². The number of nitrogens with one attached hydrogen (secondary N) is 1. The predicted octanol–water partition coefficient (Wildman–Crippen LogP) is 9.33. The summed E-state index contributed by atoms with van der Waals surface area (Å²) in [6.07, 6.45) is 36.3. The van der Waals surface area contributed by atoms with Gasteiger partial charge in [-0.3, -0.25) is 9.36 Å². The molecule has 0 heterocycles. The second-order valence-electron chi connectivity index (χ2n) is 14.3. The summed E-state index contributed by atoms with van der Waals surface area (Å²) < 4.78 is 23.0. The van der Waals surface area contributed by atoms with Crippen molar-refractivity contribution < 1.29 is 32.9 Å². The molecule has 0 bridgehead atoms. The average molecular weight is 699 g/mol. The molecule has 0 aliphatic heterocycles. The Balaban J connectivity index is 4.32. The fraction of sp³-hybridized carbons (Fsp3) is 0.821. The van der Waals surface area contributed by atoms with Crippen LogP contribution in [0.15, 0.2) is 36.5 Å². The number of allylic oxidation sites excluding steroid dienone is 5. The largest absolute Gasteiger partial charge is 0.756 e. The van der Waals surface area contributed by atoms with E-state index in [-0.39, 0.29) is 19.1 Å². The van der Waals surface area contributed by atoms with E-state index < -0.39 is 20.0 Å². The van der Waals surface area contributed by atoms with Crippen LogP contribution >= 0.6 is 7.82 Å². The number of aliphatic hydroxyl groups excluding tert-OH is 1. The number of nitrogens with zero attached hydrogens (tertiary/aromatic N) is 1. The minimum absolute atomic E-state index is 0.00301. The molecule has 0 saturated heterocycles. The standard InChI is InChI=1S/C39H75N2O6P/c1-6-8-10-12-14-15-16-17-18-19-20-21-22-23-24-25-27-29-31-33-39(43)40-37(38(42)32-30-28-26-13-11-9-7-2)36-47-48(44,45)46-35-34-41(3,4)5/h14-15,17-18,30,32,37-38,42H,6-13,16,19-29,31,33-36H2,1-5H3,(H-,40,43,44,45)/b15-14-,18-17-,32-30+. The van der Waals surface area contributed by atoms with E-state index in [1.165, 1.54) is 89.9 Å². The first-order chi connectivity index (χ1) is 23.0. The Bertz CT molecular complexity index is 886. The van der Waals surface area contributed by atoms with Crippen LogP contribution in [0.2, 0.25) is 0 Å². The molecule has 1 amide bonds. The molecule has 282 valence electrons. The molecule has 3 atom stereocenters. The molecule has 0 radical (unpaired) electrons. The number of hydrogen-bond donors (Lipinski definition) is 2. The van der Waals surface area contributed by atoms with Crippen LogP contribution < -0.4 is 10.2 Å². The number of aliphatic hydroxyl groups is 1. The molecule has 0 aliphatic rings. The monoisotopic (exact) mass is 699 g/mol. The lowest BCUT2D eigenvalue weighted by Gasteiger charge is -2.29. The summed E-state index contributed by atoms with van der Waals surface area (Å²) in [6, 6.07) is -0.884. The minimum atomic E-state index is -4.57. The van der Waals surface area contributed by atoms with Gasteiger partial charge in [0.25, 0.3) is 7.82 Å². The zero-order valence-corrected chi connectivity index (χ0v) is 32.6. The van der Waals surface area contributed by atoms with Gasteiger partial charge in [0.05, 0.1) is 39.9 Å². The summed E-state index contributed by atoms with van der Waals surface area (Å²) in [6.45, 7) is 4.53. The molecule has 0 spiro atoms. The first kappa shape index (κ1) is 46.7. The molecule has 0 aromatic rings. The predicted molar refractivity (Wildman–Crippen MR) is 201 cm³/mol. The highest BCUT2D eigenvalue weighted by molar-refractivity contribution is 7.45. The lowest BCUT2D eigenvalue weighted by molar-refractivity contribution is -0.870. The molecule has 2 N–H and O–H groups in total. The zero-order valence-electron chi connectivity index (χ0n) is 31.7. The zero-order chi connectivity index (χ0) is 35.8. The molecule has 0 rings (SSSR count). The van der Waals surface area contributed by atoms with Crippen LogP contribution in [-0.4, -0.2) is 68.5 Å². The highest BCUT2D eigenvalue weighted by atomic mass is 31.2. The molecular formula is C39H75N2O6P. The molecule has 0 aromatic heterocycles. The van der Waals surface area contributed by atoms with E-state index in [1.807, 2.05) is 27.2 Å². The molecule has 0 fully saturated rings. The summed E-state index contributed by atoms with van der Waals surface area (Å²) in [5, 5.41) is 13.6. The number of rotatable bonds is 34. The molecule has 9 heteroatoms. The van der Waals surface area contributed by atoms with Gasteiger partial charge >= 0.3 is 0 Å². The first-order valence-corrected chi connectivity index (χ1v) is 20.8. The van der Waals surface area contributed by atoms with Crippen LogP contribution in [0.25, 0.3) is 0 Å². The van der Waals surface area contributed by atoms with E-state index in [1.54, 1.807) is 6.08 Å². The molecule has 48 heavy (non-hydrogen) atoms. The number of likely N-dealkylation sites (N-methyl/N-ethyl adjacent to an activating group) is 1. The fourth-order valence-electron chi connectivity index (χ4n) is 5.18. The van der Waals surface area contributed by atoms with Crippen LogP contribution in [0, 0.1) is 0 Å². The Morgan fingerprint density at radius 1 is 0.729 bits per heavy atom. The number of phosphoric ester groups is 1. The Hall–Kier alpha value is -1.28. The van der Waals surface area contributed by atoms with E-state index in [0.29, 0.717) is 17.4 Å². The lowest BCUT2D eigenvalue weighted by Crippen LogP contribution is -2.45. The lowest BCUT2D eigenvalue weighted by atomic mass is 10.0. The quantitative estimate of drug-likeness (QED) is 0.0300. The number of unbranched alkanes of at least 4 members (excludes halogenated alkanes) is 17. The Morgan fingerprint density at radius 2 is 1.21 bits per heavy atom. The highest BCUT2D eigenvalue weighted by Gasteiger charge is 2.23. The van der Waals surface area contributed by atoms with E-state index in [0.717, 1.165) is 44.9 Å². The van der Waals surface area contributed by atoms with Crippen molar-refractivity contribution in [3.05, 3.63) is 36.5 Å². The van der Waals surface area contributed by atoms with Crippen molar-refractivity contribution in [3.8, 4) is 0 Å². The molecule has 8 nitrogen and oxygen atoms in total. The fourth-order valence-corrected chi connectivity index (χ4v) is 5.90. The van der Waals surface area contributed by atoms with Crippen LogP contribution in [0.1, 0.15) is 155 Å². The maximum absolute atomic E-state index is 12.7. The van der Waals surface area contributed by atoms with Crippen LogP contribution in [0.5, 0.6) is 0 Å². The Kier molecular flexibility index (Phi) is 30.8. The maximum atomic E-state index is 12.7. The number of amides is 1. The summed E-state index contributed by atoms with van der Waals surface area (Å²) in [5.74, 6) is -0.209. The second-order valence-corrected chi connectivity index (χ2v) is 15.7. The van der Waals surface area contributed by atoms with Gasteiger partial charge in [0.2, 0.25) is 5.91 Å². The van der Waals surface area contributed by atoms with Gasteiger partial charge in [-0.15, -0.1) is 0 Å². The van der Waals surface area contributed by atoms with Gasteiger partial charge in [-0.25, -0.2) is 0 Å². The summed E-state index contributed by atoms with van der Waals surface area (Å²) >= 11 is 0. The number of hydrogen-bond acceptors (Lipinski definition) is 6. The topological polar surface area (TPSA) is 108 Å². The number of quaternary nitrogens is 1. The van der Waals surface area contributed by atoms with Crippen LogP contribution in [-0.2, 0) is 18.4 Å². The van der Waals surface area contributed by atoms with E-state index in [9.17, 15) is 19.4 Å². The average Bonchev–Trinajstić information content (AvgIpc) is 3.02. The van der Waals surface area contributed by atoms with Crippen LogP contribution in [0.4, 0.5) is 0 Å². The van der Waals surface area contributed by atoms with Gasteiger partial charge in [0, 0.05) is 6.42 Å². The first-order valence-electron chi connectivity index (χ1n) is 19.4. The smallest absolute Gasteiger partial charge is 0.268 e. The van der Waals surface area contributed by atoms with Gasteiger partial charge in [-0.1, -0.05) is 134 Å². The van der Waals surface area contributed by atoms with Gasteiger partial charge in [-0.05, 0) is 51.4 Å². The third kappa shape index (κ3) is 33.2. The Labute approximate surface area is 296 Å². The van der Waals surface area contributed by atoms with Gasteiger partial charge in [0.1, 0.15) is 13.2 Å². The van der Waals surface area contributed by atoms with E-state index in [2.05, 4.69) is 43.5 Å². The third-order valence-electron chi connectivity index (χ3n) is 8.34. The van der Waals surface area contributed by atoms with E-state index >= 15 is 0 Å². The summed E-state index contributed by atoms with van der Waals surface area (Å²) in [7, 11) is 1.25. The third-order valence-corrected chi connectivity index (χ3v) is 9.31. The van der Waals surface area contributed by atoms with Crippen molar-refractivity contribution >= 4 is 13.7 Å². The van der Waals surface area contributed by atoms with E-state index in [4.69, 9.17) is 9.05 Å². The van der Waals surface area contributed by atoms with Crippen LogP contribution in [0.3, 0.4) is 0 Å². The molecule has 0 aromatic carbocycles. The van der Waals surface area contributed by atoms with Crippen molar-refractivity contribution in [2.24, 2.45) is 0 Å². The van der Waals surface area contributed by atoms with Gasteiger partial charge < -0.3 is 28.8 Å². The maximum Gasteiger partial charge on any atom is 0.268 e. The molecular weight excluding hydrogens is 623 g/mol. The minimum Gasteiger partial charge on any atom is -0.756 e. The number of phosphoric acid groups is 1. The SMILES string of the molecule is CCCCC/C=C\C/C=C\CCCCCCCCCCCC(=O)NC(COP(=O)([O-])OCC[N+](C)(C)C)C(O)/C=C/CCCCCCC. The molecule has 3 unspecified atom stereocenters. The Morgan fingerprint density at radius 3 is 1.77 bits per heavy atom. The van der Waals surface area contributed by atoms with Crippen molar-refractivity contribution in [1.29, 1.82) is 0 Å². The highest BCUT2D eigenvalue weighted by Crippen LogP contribution is 2.38.